The standard InChI is InChI=1S/C20H17ClN2O3/c1-25-18-11-10-14(15-6-2-3-7-16(15)18)12-22-23-20(24)13-26-19-9-5-4-8-17(19)21/h2-12H,13H2,1H3,(H,23,24)/b22-12-. The number of nitrogens with zero attached hydrogens (tertiary/aromatic N) is 1. The Bertz CT molecular complexity index is 957. The van der Waals surface area contributed by atoms with Gasteiger partial charge in [0.15, 0.2) is 6.61 Å². The minimum atomic E-state index is -0.376. The molecule has 0 unspecified atom stereocenters. The van der Waals surface area contributed by atoms with Gasteiger partial charge in [0.1, 0.15) is 11.5 Å². The summed E-state index contributed by atoms with van der Waals surface area (Å²) in [5.41, 5.74) is 3.31. The smallest absolute Gasteiger partial charge is 0.277 e. The number of para-hydroxylation sites is 1. The number of carbonyl (C=O) groups is 1. The van der Waals surface area contributed by atoms with Crippen molar-refractivity contribution in [3.8, 4) is 11.5 Å². The fraction of sp³-hybridized carbons (Fsp3) is 0.100. The zero-order valence-electron chi connectivity index (χ0n) is 14.1. The first kappa shape index (κ1) is 17.8. The maximum absolute atomic E-state index is 11.9. The molecule has 5 nitrogen and oxygen atoms in total. The molecule has 0 saturated heterocycles. The van der Waals surface area contributed by atoms with E-state index in [0.29, 0.717) is 10.8 Å². The third-order valence-electron chi connectivity index (χ3n) is 3.73. The van der Waals surface area contributed by atoms with Crippen molar-refractivity contribution in [2.75, 3.05) is 13.7 Å². The number of nitrogens with one attached hydrogen (secondary N) is 1. The van der Waals surface area contributed by atoms with Crippen LogP contribution in [0.4, 0.5) is 0 Å². The maximum atomic E-state index is 11.9. The van der Waals surface area contributed by atoms with Gasteiger partial charge in [-0.3, -0.25) is 4.79 Å². The molecule has 0 radical (unpaired) electrons. The van der Waals surface area contributed by atoms with Crippen molar-refractivity contribution < 1.29 is 14.3 Å². The lowest BCUT2D eigenvalue weighted by Crippen LogP contribution is -2.24. The Morgan fingerprint density at radius 1 is 1.04 bits per heavy atom. The normalized spacial score (nSPS) is 10.8. The van der Waals surface area contributed by atoms with Crippen LogP contribution in [-0.2, 0) is 4.79 Å². The van der Waals surface area contributed by atoms with E-state index in [9.17, 15) is 4.79 Å². The first-order chi connectivity index (χ1) is 12.7. The highest BCUT2D eigenvalue weighted by atomic mass is 35.5. The van der Waals surface area contributed by atoms with Crippen molar-refractivity contribution in [3.63, 3.8) is 0 Å². The number of carbonyl (C=O) groups excluding carboxylic acids is 1. The first-order valence-electron chi connectivity index (χ1n) is 7.94. The number of hydrogen-bond acceptors (Lipinski definition) is 4. The van der Waals surface area contributed by atoms with Crippen LogP contribution in [0, 0.1) is 0 Å². The van der Waals surface area contributed by atoms with E-state index in [0.717, 1.165) is 22.1 Å². The molecule has 6 heteroatoms. The number of hydrazone groups is 1. The van der Waals surface area contributed by atoms with Gasteiger partial charge in [-0.05, 0) is 29.7 Å². The predicted octanol–water partition coefficient (Wildman–Crippen LogP) is 4.03. The van der Waals surface area contributed by atoms with Crippen LogP contribution in [0.1, 0.15) is 5.56 Å². The molecule has 0 spiro atoms. The molecule has 0 atom stereocenters. The fourth-order valence-corrected chi connectivity index (χ4v) is 2.69. The van der Waals surface area contributed by atoms with Gasteiger partial charge >= 0.3 is 0 Å². The minimum absolute atomic E-state index is 0.176. The van der Waals surface area contributed by atoms with Crippen LogP contribution in [0.2, 0.25) is 5.02 Å². The second kappa shape index (κ2) is 8.36. The van der Waals surface area contributed by atoms with Crippen LogP contribution < -0.4 is 14.9 Å². The zero-order valence-corrected chi connectivity index (χ0v) is 14.9. The molecule has 132 valence electrons. The molecule has 0 bridgehead atoms. The van der Waals surface area contributed by atoms with Gasteiger partial charge in [0, 0.05) is 10.9 Å². The van der Waals surface area contributed by atoms with Crippen LogP contribution >= 0.6 is 11.6 Å². The van der Waals surface area contributed by atoms with E-state index in [1.54, 1.807) is 37.6 Å². The lowest BCUT2D eigenvalue weighted by Gasteiger charge is -2.08. The molecule has 1 amide bonds. The quantitative estimate of drug-likeness (QED) is 0.528. The summed E-state index contributed by atoms with van der Waals surface area (Å²) in [7, 11) is 1.63. The Hall–Kier alpha value is -3.05. The van der Waals surface area contributed by atoms with Gasteiger partial charge in [-0.25, -0.2) is 5.43 Å². The number of rotatable bonds is 6. The molecule has 3 rings (SSSR count). The summed E-state index contributed by atoms with van der Waals surface area (Å²) >= 11 is 5.98. The van der Waals surface area contributed by atoms with Gasteiger partial charge in [-0.2, -0.15) is 5.10 Å². The molecule has 0 aliphatic carbocycles. The van der Waals surface area contributed by atoms with Gasteiger partial charge in [0.25, 0.3) is 5.91 Å². The molecule has 1 N–H and O–H groups in total. The van der Waals surface area contributed by atoms with Crippen LogP contribution in [0.3, 0.4) is 0 Å². The molecule has 0 fully saturated rings. The Kier molecular flexibility index (Phi) is 5.71. The molecule has 3 aromatic rings. The highest BCUT2D eigenvalue weighted by molar-refractivity contribution is 6.32. The summed E-state index contributed by atoms with van der Waals surface area (Å²) in [5.74, 6) is 0.864. The molecule has 0 aliphatic heterocycles. The number of fused-ring (bicyclic) bond motifs is 1. The molecule has 0 heterocycles. The van der Waals surface area contributed by atoms with E-state index in [1.807, 2.05) is 36.4 Å². The minimum Gasteiger partial charge on any atom is -0.496 e. The molecule has 0 aromatic heterocycles. The average Bonchev–Trinajstić information content (AvgIpc) is 2.67. The molecular weight excluding hydrogens is 352 g/mol. The van der Waals surface area contributed by atoms with Crippen LogP contribution in [0.5, 0.6) is 11.5 Å². The summed E-state index contributed by atoms with van der Waals surface area (Å²) < 4.78 is 10.7. The second-order valence-electron chi connectivity index (χ2n) is 5.41. The monoisotopic (exact) mass is 368 g/mol. The summed E-state index contributed by atoms with van der Waals surface area (Å²) in [6, 6.07) is 18.6. The number of benzene rings is 3. The highest BCUT2D eigenvalue weighted by Crippen LogP contribution is 2.27. The predicted molar refractivity (Wildman–Crippen MR) is 103 cm³/mol. The van der Waals surface area contributed by atoms with Crippen molar-refractivity contribution in [2.24, 2.45) is 5.10 Å². The summed E-state index contributed by atoms with van der Waals surface area (Å²) in [4.78, 5) is 11.9. The Labute approximate surface area is 156 Å². The van der Waals surface area contributed by atoms with Crippen LogP contribution in [0.15, 0.2) is 65.8 Å². The third kappa shape index (κ3) is 4.13. The molecule has 0 aliphatic rings. The molecule has 3 aromatic carbocycles. The Balaban J connectivity index is 1.64. The van der Waals surface area contributed by atoms with Gasteiger partial charge in [-0.1, -0.05) is 48.0 Å². The summed E-state index contributed by atoms with van der Waals surface area (Å²) in [5, 5.41) is 6.42. The van der Waals surface area contributed by atoms with Gasteiger partial charge in [0.05, 0.1) is 18.3 Å². The zero-order chi connectivity index (χ0) is 18.4. The van der Waals surface area contributed by atoms with E-state index in [1.165, 1.54) is 0 Å². The van der Waals surface area contributed by atoms with Crippen LogP contribution in [0.25, 0.3) is 10.8 Å². The maximum Gasteiger partial charge on any atom is 0.277 e. The van der Waals surface area contributed by atoms with E-state index in [4.69, 9.17) is 21.1 Å². The van der Waals surface area contributed by atoms with Crippen LogP contribution in [-0.4, -0.2) is 25.8 Å². The van der Waals surface area contributed by atoms with Crippen molar-refractivity contribution >= 4 is 34.5 Å². The van der Waals surface area contributed by atoms with Gasteiger partial charge in [-0.15, -0.1) is 0 Å². The Morgan fingerprint density at radius 2 is 1.77 bits per heavy atom. The van der Waals surface area contributed by atoms with E-state index in [2.05, 4.69) is 10.5 Å². The first-order valence-corrected chi connectivity index (χ1v) is 8.32. The largest absolute Gasteiger partial charge is 0.496 e. The lowest BCUT2D eigenvalue weighted by atomic mass is 10.0. The highest BCUT2D eigenvalue weighted by Gasteiger charge is 2.06. The molecule has 0 saturated carbocycles. The van der Waals surface area contributed by atoms with Crippen molar-refractivity contribution in [1.82, 2.24) is 5.43 Å². The van der Waals surface area contributed by atoms with Crippen molar-refractivity contribution in [2.45, 2.75) is 0 Å². The molecular formula is C20H17ClN2O3. The lowest BCUT2D eigenvalue weighted by molar-refractivity contribution is -0.123. The number of hydrogen-bond donors (Lipinski definition) is 1. The fourth-order valence-electron chi connectivity index (χ4n) is 2.50. The third-order valence-corrected chi connectivity index (χ3v) is 4.04. The topological polar surface area (TPSA) is 59.9 Å². The van der Waals surface area contributed by atoms with E-state index in [-0.39, 0.29) is 12.5 Å². The Morgan fingerprint density at radius 3 is 2.54 bits per heavy atom. The average molecular weight is 369 g/mol. The van der Waals surface area contributed by atoms with E-state index < -0.39 is 0 Å². The van der Waals surface area contributed by atoms with Crippen molar-refractivity contribution in [1.29, 1.82) is 0 Å². The number of amides is 1. The van der Waals surface area contributed by atoms with Crippen molar-refractivity contribution in [3.05, 3.63) is 71.2 Å². The van der Waals surface area contributed by atoms with E-state index >= 15 is 0 Å². The summed E-state index contributed by atoms with van der Waals surface area (Å²) in [6.07, 6.45) is 1.59. The molecule has 26 heavy (non-hydrogen) atoms. The SMILES string of the molecule is COc1ccc(/C=N\NC(=O)COc2ccccc2Cl)c2ccccc12. The van der Waals surface area contributed by atoms with Gasteiger partial charge in [0.2, 0.25) is 0 Å². The number of halogens is 1. The number of methoxy groups -OCH3 is 1. The summed E-state index contributed by atoms with van der Waals surface area (Å²) in [6.45, 7) is -0.176. The second-order valence-corrected chi connectivity index (χ2v) is 5.82. The number of ether oxygens (including phenoxy) is 2. The van der Waals surface area contributed by atoms with Gasteiger partial charge < -0.3 is 9.47 Å².